The van der Waals surface area contributed by atoms with Gasteiger partial charge in [0.05, 0.1) is 5.71 Å². The van der Waals surface area contributed by atoms with E-state index >= 15 is 0 Å². The van der Waals surface area contributed by atoms with Gasteiger partial charge in [0, 0.05) is 16.9 Å². The number of hydrazone groups is 1. The van der Waals surface area contributed by atoms with Crippen LogP contribution in [0.3, 0.4) is 0 Å². The maximum absolute atomic E-state index is 11.8. The molecular formula is C14H15ClN2O. The van der Waals surface area contributed by atoms with E-state index < -0.39 is 0 Å². The van der Waals surface area contributed by atoms with Crippen molar-refractivity contribution in [1.82, 2.24) is 5.43 Å². The molecule has 1 heterocycles. The Morgan fingerprint density at radius 3 is 2.50 bits per heavy atom. The van der Waals surface area contributed by atoms with Crippen LogP contribution in [0.1, 0.15) is 31.2 Å². The monoisotopic (exact) mass is 262 g/mol. The van der Waals surface area contributed by atoms with Crippen LogP contribution in [-0.4, -0.2) is 11.6 Å². The molecule has 0 unspecified atom stereocenters. The van der Waals surface area contributed by atoms with Crippen LogP contribution >= 0.6 is 11.6 Å². The normalized spacial score (nSPS) is 27.2. The first-order valence-corrected chi connectivity index (χ1v) is 6.77. The second-order valence-electron chi connectivity index (χ2n) is 4.98. The van der Waals surface area contributed by atoms with E-state index in [0.717, 1.165) is 35.6 Å². The summed E-state index contributed by atoms with van der Waals surface area (Å²) >= 11 is 5.90. The predicted octanol–water partition coefficient (Wildman–Crippen LogP) is 2.98. The van der Waals surface area contributed by atoms with Crippen molar-refractivity contribution >= 4 is 23.2 Å². The van der Waals surface area contributed by atoms with E-state index in [-0.39, 0.29) is 17.7 Å². The van der Waals surface area contributed by atoms with Gasteiger partial charge in [-0.2, -0.15) is 5.10 Å². The van der Waals surface area contributed by atoms with E-state index in [1.165, 1.54) is 6.42 Å². The fourth-order valence-corrected chi connectivity index (χ4v) is 3.08. The number of halogens is 1. The van der Waals surface area contributed by atoms with Crippen molar-refractivity contribution in [3.05, 3.63) is 34.9 Å². The average Bonchev–Trinajstić information content (AvgIpc) is 2.41. The lowest BCUT2D eigenvalue weighted by Crippen LogP contribution is -2.43. The standard InChI is InChI=1S/C14H15ClN2O/c15-10-7-5-9(6-8-10)13-11-3-1-2-4-12(11)14(18)17-16-13/h5-8,11-12H,1-4H2,(H,17,18)/t11-,12-/m1/s1. The third kappa shape index (κ3) is 2.03. The fourth-order valence-electron chi connectivity index (χ4n) is 2.95. The first-order valence-electron chi connectivity index (χ1n) is 6.39. The minimum Gasteiger partial charge on any atom is -0.273 e. The van der Waals surface area contributed by atoms with Crippen molar-refractivity contribution in [1.29, 1.82) is 0 Å². The molecule has 1 fully saturated rings. The van der Waals surface area contributed by atoms with E-state index in [1.807, 2.05) is 24.3 Å². The number of hydrogen-bond donors (Lipinski definition) is 1. The summed E-state index contributed by atoms with van der Waals surface area (Å²) in [6.45, 7) is 0. The molecule has 0 aromatic heterocycles. The summed E-state index contributed by atoms with van der Waals surface area (Å²) in [7, 11) is 0. The van der Waals surface area contributed by atoms with Crippen molar-refractivity contribution in [2.24, 2.45) is 16.9 Å². The summed E-state index contributed by atoms with van der Waals surface area (Å²) in [5.74, 6) is 0.452. The third-order valence-electron chi connectivity index (χ3n) is 3.88. The summed E-state index contributed by atoms with van der Waals surface area (Å²) in [4.78, 5) is 11.8. The van der Waals surface area contributed by atoms with Crippen molar-refractivity contribution < 1.29 is 4.79 Å². The second-order valence-corrected chi connectivity index (χ2v) is 5.41. The minimum absolute atomic E-state index is 0.0809. The Morgan fingerprint density at radius 1 is 1.11 bits per heavy atom. The van der Waals surface area contributed by atoms with Crippen LogP contribution in [0.15, 0.2) is 29.4 Å². The zero-order chi connectivity index (χ0) is 12.5. The van der Waals surface area contributed by atoms with Crippen LogP contribution < -0.4 is 5.43 Å². The van der Waals surface area contributed by atoms with Gasteiger partial charge >= 0.3 is 0 Å². The van der Waals surface area contributed by atoms with Crippen LogP contribution in [0, 0.1) is 11.8 Å². The van der Waals surface area contributed by atoms with E-state index in [1.54, 1.807) is 0 Å². The SMILES string of the molecule is O=C1NN=C(c2ccc(Cl)cc2)[C@@H]2CCCC[C@@H]12. The smallest absolute Gasteiger partial charge is 0.243 e. The Labute approximate surface area is 111 Å². The van der Waals surface area contributed by atoms with Gasteiger partial charge in [-0.15, -0.1) is 0 Å². The lowest BCUT2D eigenvalue weighted by Gasteiger charge is -2.34. The Balaban J connectivity index is 1.95. The molecule has 3 nitrogen and oxygen atoms in total. The summed E-state index contributed by atoms with van der Waals surface area (Å²) in [5, 5.41) is 4.99. The highest BCUT2D eigenvalue weighted by atomic mass is 35.5. The maximum atomic E-state index is 11.8. The molecule has 0 radical (unpaired) electrons. The van der Waals surface area contributed by atoms with E-state index in [2.05, 4.69) is 10.5 Å². The Hall–Kier alpha value is -1.35. The molecule has 1 aliphatic heterocycles. The zero-order valence-electron chi connectivity index (χ0n) is 10.0. The van der Waals surface area contributed by atoms with Gasteiger partial charge < -0.3 is 0 Å². The highest BCUT2D eigenvalue weighted by Gasteiger charge is 2.37. The average molecular weight is 263 g/mol. The molecule has 0 spiro atoms. The second kappa shape index (κ2) is 4.73. The molecule has 94 valence electrons. The lowest BCUT2D eigenvalue weighted by molar-refractivity contribution is -0.127. The van der Waals surface area contributed by atoms with Gasteiger partial charge in [-0.3, -0.25) is 4.79 Å². The fraction of sp³-hybridized carbons (Fsp3) is 0.429. The van der Waals surface area contributed by atoms with Crippen LogP contribution in [0.2, 0.25) is 5.02 Å². The molecule has 1 saturated carbocycles. The molecule has 3 rings (SSSR count). The highest BCUT2D eigenvalue weighted by molar-refractivity contribution is 6.30. The molecule has 4 heteroatoms. The van der Waals surface area contributed by atoms with Crippen molar-refractivity contribution in [3.8, 4) is 0 Å². The number of carbonyl (C=O) groups is 1. The molecule has 18 heavy (non-hydrogen) atoms. The van der Waals surface area contributed by atoms with Gasteiger partial charge in [0.15, 0.2) is 0 Å². The minimum atomic E-state index is 0.0809. The Bertz CT molecular complexity index is 495. The Kier molecular flexibility index (Phi) is 3.08. The molecule has 2 atom stereocenters. The molecule has 0 bridgehead atoms. The summed E-state index contributed by atoms with van der Waals surface area (Å²) in [5.41, 5.74) is 4.74. The molecule has 1 aromatic rings. The topological polar surface area (TPSA) is 41.5 Å². The molecule has 0 saturated heterocycles. The quantitative estimate of drug-likeness (QED) is 0.831. The van der Waals surface area contributed by atoms with Crippen molar-refractivity contribution in [2.75, 3.05) is 0 Å². The van der Waals surface area contributed by atoms with E-state index in [9.17, 15) is 4.79 Å². The van der Waals surface area contributed by atoms with E-state index in [4.69, 9.17) is 11.6 Å². The summed E-state index contributed by atoms with van der Waals surface area (Å²) in [6.07, 6.45) is 4.35. The van der Waals surface area contributed by atoms with Crippen LogP contribution in [-0.2, 0) is 4.79 Å². The zero-order valence-corrected chi connectivity index (χ0v) is 10.8. The summed E-state index contributed by atoms with van der Waals surface area (Å²) < 4.78 is 0. The largest absolute Gasteiger partial charge is 0.273 e. The van der Waals surface area contributed by atoms with Gasteiger partial charge in [0.1, 0.15) is 0 Å². The highest BCUT2D eigenvalue weighted by Crippen LogP contribution is 2.35. The number of benzene rings is 1. The molecule has 1 aromatic carbocycles. The molecule has 2 aliphatic rings. The molecular weight excluding hydrogens is 248 g/mol. The van der Waals surface area contributed by atoms with Crippen molar-refractivity contribution in [2.45, 2.75) is 25.7 Å². The molecule has 1 amide bonds. The number of nitrogens with one attached hydrogen (secondary N) is 1. The van der Waals surface area contributed by atoms with Crippen LogP contribution in [0.25, 0.3) is 0 Å². The van der Waals surface area contributed by atoms with Gasteiger partial charge in [-0.25, -0.2) is 5.43 Å². The molecule has 1 N–H and O–H groups in total. The summed E-state index contributed by atoms with van der Waals surface area (Å²) in [6, 6.07) is 7.69. The van der Waals surface area contributed by atoms with Gasteiger partial charge in [0.2, 0.25) is 5.91 Å². The van der Waals surface area contributed by atoms with Gasteiger partial charge in [-0.05, 0) is 30.5 Å². The van der Waals surface area contributed by atoms with Crippen LogP contribution in [0.5, 0.6) is 0 Å². The Morgan fingerprint density at radius 2 is 1.78 bits per heavy atom. The maximum Gasteiger partial charge on any atom is 0.243 e. The first kappa shape index (κ1) is 11.7. The third-order valence-corrected chi connectivity index (χ3v) is 4.13. The number of carbonyl (C=O) groups excluding carboxylic acids is 1. The molecule has 1 aliphatic carbocycles. The lowest BCUT2D eigenvalue weighted by atomic mass is 9.74. The van der Waals surface area contributed by atoms with Gasteiger partial charge in [-0.1, -0.05) is 36.6 Å². The number of nitrogens with zero attached hydrogens (tertiary/aromatic N) is 1. The van der Waals surface area contributed by atoms with Crippen molar-refractivity contribution in [3.63, 3.8) is 0 Å². The number of rotatable bonds is 1. The number of fused-ring (bicyclic) bond motifs is 1. The van der Waals surface area contributed by atoms with Crippen LogP contribution in [0.4, 0.5) is 0 Å². The van der Waals surface area contributed by atoms with Gasteiger partial charge in [0.25, 0.3) is 0 Å². The number of amides is 1. The first-order chi connectivity index (χ1) is 8.75. The predicted molar refractivity (Wildman–Crippen MR) is 71.6 cm³/mol. The van der Waals surface area contributed by atoms with E-state index in [0.29, 0.717) is 0 Å². The number of hydrogen-bond acceptors (Lipinski definition) is 2.